The molecule has 0 radical (unpaired) electrons. The monoisotopic (exact) mass is 301 g/mol. The Morgan fingerprint density at radius 1 is 1.50 bits per heavy atom. The van der Waals surface area contributed by atoms with Crippen LogP contribution in [0.15, 0.2) is 16.6 Å². The zero-order chi connectivity index (χ0) is 11.7. The maximum atomic E-state index is 6.27. The molecule has 16 heavy (non-hydrogen) atoms. The minimum atomic E-state index is 0.0763. The van der Waals surface area contributed by atoms with Gasteiger partial charge in [-0.25, -0.2) is 0 Å². The number of hydrogen-bond donors (Lipinski definition) is 1. The van der Waals surface area contributed by atoms with Crippen LogP contribution in [0.2, 0.25) is 0 Å². The van der Waals surface area contributed by atoms with Gasteiger partial charge in [-0.3, -0.25) is 0 Å². The van der Waals surface area contributed by atoms with Crippen LogP contribution in [0.25, 0.3) is 0 Å². The summed E-state index contributed by atoms with van der Waals surface area (Å²) in [6.07, 6.45) is 1.00. The molecule has 0 amide bonds. The summed E-state index contributed by atoms with van der Waals surface area (Å²) < 4.78 is 6.56. The summed E-state index contributed by atoms with van der Waals surface area (Å²) in [4.78, 5) is 0. The maximum absolute atomic E-state index is 6.27. The van der Waals surface area contributed by atoms with E-state index in [0.29, 0.717) is 5.25 Å². The van der Waals surface area contributed by atoms with Gasteiger partial charge in [0.05, 0.1) is 7.11 Å². The van der Waals surface area contributed by atoms with Gasteiger partial charge < -0.3 is 10.5 Å². The van der Waals surface area contributed by atoms with Crippen molar-refractivity contribution in [2.24, 2.45) is 5.73 Å². The molecule has 1 aliphatic heterocycles. The van der Waals surface area contributed by atoms with Crippen molar-refractivity contribution in [3.63, 3.8) is 0 Å². The Morgan fingerprint density at radius 3 is 2.94 bits per heavy atom. The second kappa shape index (κ2) is 4.98. The van der Waals surface area contributed by atoms with Gasteiger partial charge in [-0.2, -0.15) is 11.8 Å². The first-order valence-electron chi connectivity index (χ1n) is 5.36. The van der Waals surface area contributed by atoms with Crippen LogP contribution in [0.3, 0.4) is 0 Å². The van der Waals surface area contributed by atoms with E-state index in [1.165, 1.54) is 11.1 Å². The normalized spacial score (nSPS) is 24.8. The number of nitrogens with two attached hydrogens (primary N) is 1. The van der Waals surface area contributed by atoms with Gasteiger partial charge in [-0.15, -0.1) is 0 Å². The smallest absolute Gasteiger partial charge is 0.124 e. The van der Waals surface area contributed by atoms with Crippen molar-refractivity contribution < 1.29 is 4.74 Å². The fourth-order valence-electron chi connectivity index (χ4n) is 2.12. The van der Waals surface area contributed by atoms with E-state index < -0.39 is 0 Å². The van der Waals surface area contributed by atoms with Gasteiger partial charge in [-0.05, 0) is 24.1 Å². The number of halogens is 1. The number of hydrogen-bond acceptors (Lipinski definition) is 3. The van der Waals surface area contributed by atoms with Gasteiger partial charge in [0.1, 0.15) is 5.75 Å². The highest BCUT2D eigenvalue weighted by Crippen LogP contribution is 2.41. The molecule has 2 rings (SSSR count). The lowest BCUT2D eigenvalue weighted by Crippen LogP contribution is -2.15. The van der Waals surface area contributed by atoms with Crippen molar-refractivity contribution >= 4 is 27.7 Å². The first kappa shape index (κ1) is 12.3. The van der Waals surface area contributed by atoms with Crippen molar-refractivity contribution in [2.45, 2.75) is 30.4 Å². The summed E-state index contributed by atoms with van der Waals surface area (Å²) in [5, 5.41) is 0.596. The molecule has 1 aromatic carbocycles. The Bertz CT molecular complexity index is 397. The highest BCUT2D eigenvalue weighted by atomic mass is 79.9. The van der Waals surface area contributed by atoms with E-state index in [2.05, 4.69) is 22.9 Å². The van der Waals surface area contributed by atoms with Gasteiger partial charge >= 0.3 is 0 Å². The molecule has 2 atom stereocenters. The lowest BCUT2D eigenvalue weighted by molar-refractivity contribution is 0.403. The molecule has 0 aliphatic carbocycles. The quantitative estimate of drug-likeness (QED) is 0.862. The SMILES string of the molecule is COc1ccc(Br)c2c1[C@@H](N)CC(C)SC2. The second-order valence-electron chi connectivity index (χ2n) is 4.11. The zero-order valence-corrected chi connectivity index (χ0v) is 11.9. The third kappa shape index (κ3) is 2.24. The van der Waals surface area contributed by atoms with Crippen LogP contribution in [-0.2, 0) is 5.75 Å². The first-order valence-corrected chi connectivity index (χ1v) is 7.20. The largest absolute Gasteiger partial charge is 0.496 e. The predicted octanol–water partition coefficient (Wildman–Crippen LogP) is 3.48. The molecular weight excluding hydrogens is 286 g/mol. The zero-order valence-electron chi connectivity index (χ0n) is 9.50. The summed E-state index contributed by atoms with van der Waals surface area (Å²) >= 11 is 5.56. The van der Waals surface area contributed by atoms with Crippen LogP contribution in [-0.4, -0.2) is 12.4 Å². The molecular formula is C12H16BrNOS. The van der Waals surface area contributed by atoms with Gasteiger partial charge in [-0.1, -0.05) is 22.9 Å². The number of methoxy groups -OCH3 is 1. The number of thioether (sulfide) groups is 1. The standard InChI is InChI=1S/C12H16BrNOS/c1-7-5-10(14)12-8(6-16-7)9(13)3-4-11(12)15-2/h3-4,7,10H,5-6,14H2,1-2H3/t7?,10-/m0/s1. The molecule has 1 heterocycles. The van der Waals surface area contributed by atoms with E-state index >= 15 is 0 Å². The van der Waals surface area contributed by atoms with Crippen LogP contribution in [0.1, 0.15) is 30.5 Å². The van der Waals surface area contributed by atoms with Gasteiger partial charge in [0, 0.05) is 27.1 Å². The molecule has 0 bridgehead atoms. The van der Waals surface area contributed by atoms with Crippen LogP contribution < -0.4 is 10.5 Å². The van der Waals surface area contributed by atoms with Crippen molar-refractivity contribution in [3.8, 4) is 5.75 Å². The Morgan fingerprint density at radius 2 is 2.25 bits per heavy atom. The predicted molar refractivity (Wildman–Crippen MR) is 73.0 cm³/mol. The summed E-state index contributed by atoms with van der Waals surface area (Å²) in [6.45, 7) is 2.23. The minimum Gasteiger partial charge on any atom is -0.496 e. The van der Waals surface area contributed by atoms with E-state index in [1.807, 2.05) is 23.9 Å². The van der Waals surface area contributed by atoms with Crippen molar-refractivity contribution in [2.75, 3.05) is 7.11 Å². The third-order valence-corrected chi connectivity index (χ3v) is 4.91. The third-order valence-electron chi connectivity index (χ3n) is 2.95. The Labute approximate surface area is 109 Å². The fraction of sp³-hybridized carbons (Fsp3) is 0.500. The van der Waals surface area contributed by atoms with E-state index in [1.54, 1.807) is 7.11 Å². The average Bonchev–Trinajstić information content (AvgIpc) is 2.40. The number of benzene rings is 1. The molecule has 1 aliphatic rings. The Balaban J connectivity index is 2.53. The second-order valence-corrected chi connectivity index (χ2v) is 6.39. The summed E-state index contributed by atoms with van der Waals surface area (Å²) in [7, 11) is 1.71. The molecule has 88 valence electrons. The number of rotatable bonds is 1. The Kier molecular flexibility index (Phi) is 3.82. The minimum absolute atomic E-state index is 0.0763. The lowest BCUT2D eigenvalue weighted by Gasteiger charge is -2.18. The molecule has 0 fully saturated rings. The molecule has 0 saturated carbocycles. The lowest BCUT2D eigenvalue weighted by atomic mass is 9.97. The maximum Gasteiger partial charge on any atom is 0.124 e. The molecule has 2 nitrogen and oxygen atoms in total. The van der Waals surface area contributed by atoms with E-state index in [4.69, 9.17) is 10.5 Å². The van der Waals surface area contributed by atoms with Crippen LogP contribution in [0, 0.1) is 0 Å². The molecule has 2 N–H and O–H groups in total. The van der Waals surface area contributed by atoms with Crippen LogP contribution in [0.5, 0.6) is 5.75 Å². The summed E-state index contributed by atoms with van der Waals surface area (Å²) in [6, 6.07) is 4.11. The van der Waals surface area contributed by atoms with Crippen LogP contribution >= 0.6 is 27.7 Å². The van der Waals surface area contributed by atoms with E-state index in [0.717, 1.165) is 22.4 Å². The highest BCUT2D eigenvalue weighted by molar-refractivity contribution is 9.10. The molecule has 0 aromatic heterocycles. The molecule has 4 heteroatoms. The van der Waals surface area contributed by atoms with Gasteiger partial charge in [0.25, 0.3) is 0 Å². The Hall–Kier alpha value is -0.190. The van der Waals surface area contributed by atoms with Crippen molar-refractivity contribution in [3.05, 3.63) is 27.7 Å². The van der Waals surface area contributed by atoms with E-state index in [-0.39, 0.29) is 6.04 Å². The van der Waals surface area contributed by atoms with Crippen molar-refractivity contribution in [1.82, 2.24) is 0 Å². The van der Waals surface area contributed by atoms with E-state index in [9.17, 15) is 0 Å². The topological polar surface area (TPSA) is 35.2 Å². The first-order chi connectivity index (χ1) is 7.63. The molecule has 1 aromatic rings. The highest BCUT2D eigenvalue weighted by Gasteiger charge is 2.24. The van der Waals surface area contributed by atoms with Gasteiger partial charge in [0.2, 0.25) is 0 Å². The molecule has 0 saturated heterocycles. The molecule has 0 spiro atoms. The number of ether oxygens (including phenoxy) is 1. The fourth-order valence-corrected chi connectivity index (χ4v) is 3.89. The summed E-state index contributed by atoms with van der Waals surface area (Å²) in [5.41, 5.74) is 8.74. The number of fused-ring (bicyclic) bond motifs is 1. The van der Waals surface area contributed by atoms with Crippen LogP contribution in [0.4, 0.5) is 0 Å². The van der Waals surface area contributed by atoms with Gasteiger partial charge in [0.15, 0.2) is 0 Å². The molecule has 1 unspecified atom stereocenters. The van der Waals surface area contributed by atoms with Crippen molar-refractivity contribution in [1.29, 1.82) is 0 Å². The summed E-state index contributed by atoms with van der Waals surface area (Å²) in [5.74, 6) is 1.92. The average molecular weight is 302 g/mol.